The molecule has 2 fully saturated rings. The first-order valence-electron chi connectivity index (χ1n) is 9.05. The van der Waals surface area contributed by atoms with Crippen molar-refractivity contribution in [1.29, 1.82) is 0 Å². The summed E-state index contributed by atoms with van der Waals surface area (Å²) in [4.78, 5) is 29.0. The molecular formula is C21H18ClN3O2S. The van der Waals surface area contributed by atoms with Gasteiger partial charge in [0.1, 0.15) is 5.57 Å². The van der Waals surface area contributed by atoms with Gasteiger partial charge in [-0.3, -0.25) is 19.8 Å². The van der Waals surface area contributed by atoms with Crippen LogP contribution >= 0.6 is 23.8 Å². The number of hydrogen-bond acceptors (Lipinski definition) is 4. The number of carbonyl (C=O) groups is 2. The zero-order chi connectivity index (χ0) is 19.7. The Morgan fingerprint density at radius 2 is 1.54 bits per heavy atom. The Kier molecular flexibility index (Phi) is 5.15. The van der Waals surface area contributed by atoms with Crippen LogP contribution in [-0.4, -0.2) is 30.0 Å². The van der Waals surface area contributed by atoms with Crippen LogP contribution in [0.5, 0.6) is 0 Å². The van der Waals surface area contributed by atoms with Crippen LogP contribution in [0, 0.1) is 0 Å². The molecule has 2 aromatic rings. The van der Waals surface area contributed by atoms with E-state index in [1.165, 1.54) is 17.7 Å². The minimum absolute atomic E-state index is 0.0393. The van der Waals surface area contributed by atoms with E-state index < -0.39 is 11.8 Å². The van der Waals surface area contributed by atoms with Gasteiger partial charge < -0.3 is 4.90 Å². The third-order valence-corrected chi connectivity index (χ3v) is 5.40. The molecule has 2 amide bonds. The highest BCUT2D eigenvalue weighted by molar-refractivity contribution is 7.80. The summed E-state index contributed by atoms with van der Waals surface area (Å²) in [6, 6.07) is 14.6. The number of hydrogen-bond donors (Lipinski definition) is 1. The smallest absolute Gasteiger partial charge is 0.270 e. The minimum Gasteiger partial charge on any atom is -0.372 e. The molecule has 5 nitrogen and oxygen atoms in total. The molecule has 0 atom stereocenters. The molecule has 2 aliphatic rings. The van der Waals surface area contributed by atoms with Crippen molar-refractivity contribution in [2.75, 3.05) is 22.9 Å². The molecule has 0 bridgehead atoms. The van der Waals surface area contributed by atoms with Gasteiger partial charge in [-0.25, -0.2) is 0 Å². The van der Waals surface area contributed by atoms with Gasteiger partial charge in [-0.1, -0.05) is 23.7 Å². The van der Waals surface area contributed by atoms with Gasteiger partial charge in [0.2, 0.25) is 0 Å². The van der Waals surface area contributed by atoms with Gasteiger partial charge in [-0.05, 0) is 73.1 Å². The highest BCUT2D eigenvalue weighted by atomic mass is 35.5. The van der Waals surface area contributed by atoms with E-state index >= 15 is 0 Å². The third kappa shape index (κ3) is 3.66. The number of anilines is 2. The molecule has 0 unspecified atom stereocenters. The van der Waals surface area contributed by atoms with Crippen molar-refractivity contribution in [2.24, 2.45) is 0 Å². The second-order valence-corrected chi connectivity index (χ2v) is 7.54. The SMILES string of the molecule is O=C1NC(=S)N(c2ccc(Cl)cc2)C(=O)/C1=C\c1ccc(N2CCCC2)cc1. The molecule has 2 aliphatic heterocycles. The van der Waals surface area contributed by atoms with E-state index in [1.54, 1.807) is 30.3 Å². The van der Waals surface area contributed by atoms with Crippen molar-refractivity contribution in [3.8, 4) is 0 Å². The molecular weight excluding hydrogens is 394 g/mol. The number of nitrogens with zero attached hydrogens (tertiary/aromatic N) is 2. The molecule has 28 heavy (non-hydrogen) atoms. The van der Waals surface area contributed by atoms with Crippen LogP contribution in [0.15, 0.2) is 54.1 Å². The van der Waals surface area contributed by atoms with Crippen molar-refractivity contribution < 1.29 is 9.59 Å². The van der Waals surface area contributed by atoms with Crippen LogP contribution in [0.1, 0.15) is 18.4 Å². The minimum atomic E-state index is -0.496. The summed E-state index contributed by atoms with van der Waals surface area (Å²) in [5.74, 6) is -0.955. The molecule has 4 rings (SSSR count). The number of halogens is 1. The topological polar surface area (TPSA) is 52.7 Å². The van der Waals surface area contributed by atoms with Crippen LogP contribution in [0.2, 0.25) is 5.02 Å². The quantitative estimate of drug-likeness (QED) is 0.474. The maximum atomic E-state index is 13.0. The molecule has 2 heterocycles. The lowest BCUT2D eigenvalue weighted by atomic mass is 10.1. The van der Waals surface area contributed by atoms with Crippen LogP contribution in [0.4, 0.5) is 11.4 Å². The lowest BCUT2D eigenvalue weighted by molar-refractivity contribution is -0.122. The fraction of sp³-hybridized carbons (Fsp3) is 0.190. The Morgan fingerprint density at radius 3 is 2.18 bits per heavy atom. The van der Waals surface area contributed by atoms with E-state index in [0.717, 1.165) is 24.3 Å². The van der Waals surface area contributed by atoms with Gasteiger partial charge in [0.15, 0.2) is 5.11 Å². The molecule has 1 N–H and O–H groups in total. The lowest BCUT2D eigenvalue weighted by Crippen LogP contribution is -2.54. The first-order valence-corrected chi connectivity index (χ1v) is 9.83. The summed E-state index contributed by atoms with van der Waals surface area (Å²) in [7, 11) is 0. The molecule has 0 aliphatic carbocycles. The second kappa shape index (κ2) is 7.73. The number of nitrogens with one attached hydrogen (secondary N) is 1. The summed E-state index contributed by atoms with van der Waals surface area (Å²) >= 11 is 11.1. The van der Waals surface area contributed by atoms with Gasteiger partial charge >= 0.3 is 0 Å². The van der Waals surface area contributed by atoms with Crippen molar-refractivity contribution in [1.82, 2.24) is 5.32 Å². The van der Waals surface area contributed by atoms with Gasteiger partial charge in [0.25, 0.3) is 11.8 Å². The zero-order valence-corrected chi connectivity index (χ0v) is 16.6. The number of carbonyl (C=O) groups excluding carboxylic acids is 2. The van der Waals surface area contributed by atoms with Crippen LogP contribution < -0.4 is 15.1 Å². The summed E-state index contributed by atoms with van der Waals surface area (Å²) in [6.45, 7) is 2.13. The Balaban J connectivity index is 1.62. The van der Waals surface area contributed by atoms with Crippen LogP contribution in [-0.2, 0) is 9.59 Å². The molecule has 2 saturated heterocycles. The molecule has 142 valence electrons. The Morgan fingerprint density at radius 1 is 0.929 bits per heavy atom. The average molecular weight is 412 g/mol. The van der Waals surface area contributed by atoms with Gasteiger partial charge in [0.05, 0.1) is 5.69 Å². The predicted octanol–water partition coefficient (Wildman–Crippen LogP) is 3.77. The highest BCUT2D eigenvalue weighted by Crippen LogP contribution is 2.25. The lowest BCUT2D eigenvalue weighted by Gasteiger charge is -2.29. The normalized spacial score (nSPS) is 18.8. The van der Waals surface area contributed by atoms with Gasteiger partial charge in [-0.15, -0.1) is 0 Å². The summed E-state index contributed by atoms with van der Waals surface area (Å²) < 4.78 is 0. The van der Waals surface area contributed by atoms with E-state index in [9.17, 15) is 9.59 Å². The van der Waals surface area contributed by atoms with Crippen molar-refractivity contribution in [2.45, 2.75) is 12.8 Å². The molecule has 0 radical (unpaired) electrons. The van der Waals surface area contributed by atoms with E-state index in [1.807, 2.05) is 24.3 Å². The molecule has 0 aromatic heterocycles. The number of amides is 2. The summed E-state index contributed by atoms with van der Waals surface area (Å²) in [5.41, 5.74) is 2.53. The van der Waals surface area contributed by atoms with E-state index in [-0.39, 0.29) is 10.7 Å². The van der Waals surface area contributed by atoms with Crippen molar-refractivity contribution >= 4 is 58.2 Å². The van der Waals surface area contributed by atoms with E-state index in [4.69, 9.17) is 23.8 Å². The number of benzene rings is 2. The maximum Gasteiger partial charge on any atom is 0.270 e. The first-order chi connectivity index (χ1) is 13.5. The van der Waals surface area contributed by atoms with Gasteiger partial charge in [-0.2, -0.15) is 0 Å². The largest absolute Gasteiger partial charge is 0.372 e. The molecule has 0 spiro atoms. The van der Waals surface area contributed by atoms with Crippen LogP contribution in [0.25, 0.3) is 6.08 Å². The number of thiocarbonyl (C=S) groups is 1. The second-order valence-electron chi connectivity index (χ2n) is 6.72. The zero-order valence-electron chi connectivity index (χ0n) is 15.0. The maximum absolute atomic E-state index is 13.0. The summed E-state index contributed by atoms with van der Waals surface area (Å²) in [5, 5.41) is 3.19. The first kappa shape index (κ1) is 18.7. The molecule has 7 heteroatoms. The Labute approximate surface area is 173 Å². The summed E-state index contributed by atoms with van der Waals surface area (Å²) in [6.07, 6.45) is 4.01. The molecule has 0 saturated carbocycles. The standard InChI is InChI=1S/C21H18ClN3O2S/c22-15-5-9-17(10-6-15)25-20(27)18(19(26)23-21(25)28)13-14-3-7-16(8-4-14)24-11-1-2-12-24/h3-10,13H,1-2,11-12H2,(H,23,26,28)/b18-13-. The average Bonchev–Trinajstić information content (AvgIpc) is 3.22. The fourth-order valence-electron chi connectivity index (χ4n) is 3.41. The van der Waals surface area contributed by atoms with E-state index in [2.05, 4.69) is 10.2 Å². The Hall–Kier alpha value is -2.70. The van der Waals surface area contributed by atoms with Crippen molar-refractivity contribution in [3.05, 3.63) is 64.7 Å². The van der Waals surface area contributed by atoms with Gasteiger partial charge in [0, 0.05) is 23.8 Å². The number of rotatable bonds is 3. The van der Waals surface area contributed by atoms with E-state index in [0.29, 0.717) is 10.7 Å². The molecule has 2 aromatic carbocycles. The predicted molar refractivity (Wildman–Crippen MR) is 116 cm³/mol. The van der Waals surface area contributed by atoms with Crippen molar-refractivity contribution in [3.63, 3.8) is 0 Å². The highest BCUT2D eigenvalue weighted by Gasteiger charge is 2.34. The van der Waals surface area contributed by atoms with Crippen LogP contribution in [0.3, 0.4) is 0 Å². The Bertz CT molecular complexity index is 964. The third-order valence-electron chi connectivity index (χ3n) is 4.86. The monoisotopic (exact) mass is 411 g/mol. The fourth-order valence-corrected chi connectivity index (χ4v) is 3.81.